The Morgan fingerprint density at radius 2 is 2.20 bits per heavy atom. The maximum Gasteiger partial charge on any atom is 0.221 e. The smallest absolute Gasteiger partial charge is 0.221 e. The summed E-state index contributed by atoms with van der Waals surface area (Å²) < 4.78 is 0. The summed E-state index contributed by atoms with van der Waals surface area (Å²) in [6, 6.07) is 0. The van der Waals surface area contributed by atoms with E-state index in [1.165, 1.54) is 0 Å². The maximum atomic E-state index is 10.7. The van der Waals surface area contributed by atoms with Crippen molar-refractivity contribution in [3.05, 3.63) is 12.7 Å². The zero-order valence-corrected chi connectivity index (χ0v) is 6.42. The minimum absolute atomic E-state index is 0.0185. The molecule has 0 saturated heterocycles. The van der Waals surface area contributed by atoms with Gasteiger partial charge in [0.2, 0.25) is 5.91 Å². The number of hydrogen-bond donors (Lipinski definition) is 1. The summed E-state index contributed by atoms with van der Waals surface area (Å²) in [6.07, 6.45) is 1.81. The van der Waals surface area contributed by atoms with Crippen LogP contribution in [0.3, 0.4) is 0 Å². The highest BCUT2D eigenvalue weighted by Crippen LogP contribution is 2.58. The molecule has 0 spiro atoms. The van der Waals surface area contributed by atoms with Gasteiger partial charge in [0.25, 0.3) is 0 Å². The standard InChI is InChI=1S/C8H13NO/c1-4-5-6(7(9)10)8(5,2)3/h4-6H,1H2,2-3H3,(H2,9,10). The zero-order chi connectivity index (χ0) is 7.94. The van der Waals surface area contributed by atoms with Crippen LogP contribution in [0.2, 0.25) is 0 Å². The van der Waals surface area contributed by atoms with Crippen molar-refractivity contribution in [3.63, 3.8) is 0 Å². The lowest BCUT2D eigenvalue weighted by Crippen LogP contribution is -2.16. The van der Waals surface area contributed by atoms with Crippen LogP contribution in [0.25, 0.3) is 0 Å². The molecule has 1 rings (SSSR count). The molecular formula is C8H13NO. The van der Waals surface area contributed by atoms with E-state index in [2.05, 4.69) is 6.58 Å². The van der Waals surface area contributed by atoms with Gasteiger partial charge in [0.05, 0.1) is 5.92 Å². The first-order valence-electron chi connectivity index (χ1n) is 3.43. The SMILES string of the molecule is C=CC1C(C(N)=O)C1(C)C. The molecule has 0 aromatic heterocycles. The Morgan fingerprint density at radius 1 is 1.70 bits per heavy atom. The number of carbonyl (C=O) groups is 1. The second-order valence-electron chi connectivity index (χ2n) is 3.46. The normalized spacial score (nSPS) is 35.0. The Labute approximate surface area is 61.1 Å². The van der Waals surface area contributed by atoms with Gasteiger partial charge in [-0.05, 0) is 11.3 Å². The Kier molecular flexibility index (Phi) is 1.35. The second-order valence-corrected chi connectivity index (χ2v) is 3.46. The number of amides is 1. The Morgan fingerprint density at radius 3 is 2.30 bits per heavy atom. The van der Waals surface area contributed by atoms with Crippen LogP contribution in [0.4, 0.5) is 0 Å². The predicted molar refractivity (Wildman–Crippen MR) is 40.2 cm³/mol. The van der Waals surface area contributed by atoms with E-state index in [1.54, 1.807) is 0 Å². The summed E-state index contributed by atoms with van der Waals surface area (Å²) in [5.74, 6) is 0.116. The molecule has 0 heterocycles. The van der Waals surface area contributed by atoms with Crippen LogP contribution in [0.15, 0.2) is 12.7 Å². The first-order chi connectivity index (χ1) is 4.51. The minimum Gasteiger partial charge on any atom is -0.369 e. The van der Waals surface area contributed by atoms with Gasteiger partial charge in [0.15, 0.2) is 0 Å². The van der Waals surface area contributed by atoms with Crippen molar-refractivity contribution in [2.75, 3.05) is 0 Å². The van der Waals surface area contributed by atoms with E-state index in [4.69, 9.17) is 5.73 Å². The van der Waals surface area contributed by atoms with Crippen molar-refractivity contribution < 1.29 is 4.79 Å². The molecule has 2 unspecified atom stereocenters. The van der Waals surface area contributed by atoms with Gasteiger partial charge in [-0.15, -0.1) is 6.58 Å². The molecule has 1 aliphatic rings. The van der Waals surface area contributed by atoms with Gasteiger partial charge in [-0.2, -0.15) is 0 Å². The van der Waals surface area contributed by atoms with Gasteiger partial charge in [0, 0.05) is 0 Å². The van der Waals surface area contributed by atoms with E-state index in [-0.39, 0.29) is 17.2 Å². The van der Waals surface area contributed by atoms with Crippen molar-refractivity contribution in [2.24, 2.45) is 23.0 Å². The first kappa shape index (κ1) is 7.32. The third kappa shape index (κ3) is 0.753. The third-order valence-electron chi connectivity index (χ3n) is 2.47. The van der Waals surface area contributed by atoms with Gasteiger partial charge in [-0.1, -0.05) is 19.9 Å². The fourth-order valence-electron chi connectivity index (χ4n) is 1.66. The number of hydrogen-bond acceptors (Lipinski definition) is 1. The lowest BCUT2D eigenvalue weighted by atomic mass is 10.1. The topological polar surface area (TPSA) is 43.1 Å². The highest BCUT2D eigenvalue weighted by atomic mass is 16.1. The quantitative estimate of drug-likeness (QED) is 0.568. The molecule has 0 bridgehead atoms. The van der Waals surface area contributed by atoms with Crippen LogP contribution in [-0.4, -0.2) is 5.91 Å². The summed E-state index contributed by atoms with van der Waals surface area (Å²) in [5.41, 5.74) is 5.22. The minimum atomic E-state index is -0.199. The molecule has 0 radical (unpaired) electrons. The summed E-state index contributed by atoms with van der Waals surface area (Å²) >= 11 is 0. The molecule has 0 aliphatic heterocycles. The van der Waals surface area contributed by atoms with Crippen molar-refractivity contribution in [1.29, 1.82) is 0 Å². The van der Waals surface area contributed by atoms with Crippen LogP contribution in [0, 0.1) is 17.3 Å². The molecule has 2 nitrogen and oxygen atoms in total. The lowest BCUT2D eigenvalue weighted by molar-refractivity contribution is -0.119. The average Bonchev–Trinajstić information content (AvgIpc) is 2.33. The van der Waals surface area contributed by atoms with E-state index < -0.39 is 0 Å². The number of primary amides is 1. The van der Waals surface area contributed by atoms with Crippen molar-refractivity contribution in [3.8, 4) is 0 Å². The van der Waals surface area contributed by atoms with E-state index in [1.807, 2.05) is 19.9 Å². The Hall–Kier alpha value is -0.790. The molecule has 2 N–H and O–H groups in total. The number of rotatable bonds is 2. The van der Waals surface area contributed by atoms with Gasteiger partial charge >= 0.3 is 0 Å². The van der Waals surface area contributed by atoms with Gasteiger partial charge in [0.1, 0.15) is 0 Å². The zero-order valence-electron chi connectivity index (χ0n) is 6.42. The van der Waals surface area contributed by atoms with Crippen LogP contribution < -0.4 is 5.73 Å². The molecule has 56 valence electrons. The van der Waals surface area contributed by atoms with E-state index in [0.29, 0.717) is 5.92 Å². The van der Waals surface area contributed by atoms with Gasteiger partial charge in [-0.25, -0.2) is 0 Å². The highest BCUT2D eigenvalue weighted by molar-refractivity contribution is 5.81. The monoisotopic (exact) mass is 139 g/mol. The molecule has 2 atom stereocenters. The number of allylic oxidation sites excluding steroid dienone is 1. The molecule has 1 aliphatic carbocycles. The number of nitrogens with two attached hydrogens (primary N) is 1. The van der Waals surface area contributed by atoms with Crippen molar-refractivity contribution >= 4 is 5.91 Å². The molecule has 1 fully saturated rings. The third-order valence-corrected chi connectivity index (χ3v) is 2.47. The van der Waals surface area contributed by atoms with E-state index in [0.717, 1.165) is 0 Å². The summed E-state index contributed by atoms with van der Waals surface area (Å²) in [7, 11) is 0. The fourth-order valence-corrected chi connectivity index (χ4v) is 1.66. The van der Waals surface area contributed by atoms with Gasteiger partial charge in [-0.3, -0.25) is 4.79 Å². The maximum absolute atomic E-state index is 10.7. The Balaban J connectivity index is 2.70. The molecule has 0 aromatic rings. The first-order valence-corrected chi connectivity index (χ1v) is 3.43. The van der Waals surface area contributed by atoms with E-state index >= 15 is 0 Å². The molecular weight excluding hydrogens is 126 g/mol. The van der Waals surface area contributed by atoms with Crippen LogP contribution in [-0.2, 0) is 4.79 Å². The van der Waals surface area contributed by atoms with Crippen molar-refractivity contribution in [1.82, 2.24) is 0 Å². The van der Waals surface area contributed by atoms with Crippen LogP contribution >= 0.6 is 0 Å². The summed E-state index contributed by atoms with van der Waals surface area (Å²) in [6.45, 7) is 7.72. The van der Waals surface area contributed by atoms with E-state index in [9.17, 15) is 4.79 Å². The molecule has 10 heavy (non-hydrogen) atoms. The number of carbonyl (C=O) groups excluding carboxylic acids is 1. The van der Waals surface area contributed by atoms with Crippen molar-refractivity contribution in [2.45, 2.75) is 13.8 Å². The summed E-state index contributed by atoms with van der Waals surface area (Å²) in [5, 5.41) is 0. The average molecular weight is 139 g/mol. The predicted octanol–water partition coefficient (Wildman–Crippen LogP) is 0.930. The lowest BCUT2D eigenvalue weighted by Gasteiger charge is -1.96. The molecule has 1 saturated carbocycles. The van der Waals surface area contributed by atoms with Crippen LogP contribution in [0.1, 0.15) is 13.8 Å². The van der Waals surface area contributed by atoms with Gasteiger partial charge < -0.3 is 5.73 Å². The Bertz CT molecular complexity index is 184. The largest absolute Gasteiger partial charge is 0.369 e. The second kappa shape index (κ2) is 1.84. The summed E-state index contributed by atoms with van der Waals surface area (Å²) in [4.78, 5) is 10.7. The molecule has 2 heteroatoms. The van der Waals surface area contributed by atoms with Crippen LogP contribution in [0.5, 0.6) is 0 Å². The molecule has 0 aromatic carbocycles. The fraction of sp³-hybridized carbons (Fsp3) is 0.625. The molecule has 1 amide bonds. The highest BCUT2D eigenvalue weighted by Gasteiger charge is 2.59.